The van der Waals surface area contributed by atoms with Gasteiger partial charge in [0.1, 0.15) is 6.33 Å². The lowest BCUT2D eigenvalue weighted by Crippen LogP contribution is -2.40. The first kappa shape index (κ1) is 16.6. The van der Waals surface area contributed by atoms with E-state index in [1.165, 1.54) is 5.56 Å². The SMILES string of the molecule is COCCC(=O)N1CCCC[C@H]1c1nncn1Cc1ccccc1. The molecule has 24 heavy (non-hydrogen) atoms. The lowest BCUT2D eigenvalue weighted by Gasteiger charge is -2.35. The number of nitrogens with zero attached hydrogens (tertiary/aromatic N) is 4. The zero-order valence-electron chi connectivity index (χ0n) is 14.1. The second-order valence-electron chi connectivity index (χ2n) is 6.14. The van der Waals surface area contributed by atoms with E-state index in [0.717, 1.165) is 38.2 Å². The molecule has 2 aromatic rings. The summed E-state index contributed by atoms with van der Waals surface area (Å²) < 4.78 is 7.11. The first-order chi connectivity index (χ1) is 11.8. The van der Waals surface area contributed by atoms with Crippen molar-refractivity contribution in [3.05, 3.63) is 48.0 Å². The van der Waals surface area contributed by atoms with Gasteiger partial charge in [-0.05, 0) is 24.8 Å². The summed E-state index contributed by atoms with van der Waals surface area (Å²) in [4.78, 5) is 14.5. The summed E-state index contributed by atoms with van der Waals surface area (Å²) in [5, 5.41) is 8.44. The molecule has 0 aliphatic carbocycles. The highest BCUT2D eigenvalue weighted by atomic mass is 16.5. The van der Waals surface area contributed by atoms with Crippen LogP contribution >= 0.6 is 0 Å². The van der Waals surface area contributed by atoms with Crippen molar-refractivity contribution in [1.29, 1.82) is 0 Å². The lowest BCUT2D eigenvalue weighted by atomic mass is 10.0. The van der Waals surface area contributed by atoms with Crippen molar-refractivity contribution < 1.29 is 9.53 Å². The molecule has 0 unspecified atom stereocenters. The van der Waals surface area contributed by atoms with Gasteiger partial charge in [-0.15, -0.1) is 10.2 Å². The Morgan fingerprint density at radius 2 is 2.12 bits per heavy atom. The number of benzene rings is 1. The van der Waals surface area contributed by atoms with E-state index in [1.54, 1.807) is 13.4 Å². The van der Waals surface area contributed by atoms with Gasteiger partial charge in [0.2, 0.25) is 5.91 Å². The molecule has 0 bridgehead atoms. The molecule has 1 amide bonds. The molecule has 2 heterocycles. The second-order valence-corrected chi connectivity index (χ2v) is 6.14. The maximum atomic E-state index is 12.5. The van der Waals surface area contributed by atoms with Crippen molar-refractivity contribution in [3.63, 3.8) is 0 Å². The maximum Gasteiger partial charge on any atom is 0.225 e. The van der Waals surface area contributed by atoms with E-state index < -0.39 is 0 Å². The topological polar surface area (TPSA) is 60.2 Å². The molecule has 1 saturated heterocycles. The second kappa shape index (κ2) is 8.06. The standard InChI is InChI=1S/C18H24N4O2/c1-24-12-10-17(23)22-11-6-5-9-16(22)18-20-19-14-21(18)13-15-7-3-2-4-8-15/h2-4,7-8,14,16H,5-6,9-13H2,1H3/t16-/m0/s1. The number of methoxy groups -OCH3 is 1. The molecule has 3 rings (SSSR count). The van der Waals surface area contributed by atoms with Crippen molar-refractivity contribution in [3.8, 4) is 0 Å². The summed E-state index contributed by atoms with van der Waals surface area (Å²) >= 11 is 0. The summed E-state index contributed by atoms with van der Waals surface area (Å²) in [6.07, 6.45) is 5.26. The van der Waals surface area contributed by atoms with Gasteiger partial charge in [0.25, 0.3) is 0 Å². The molecule has 1 aromatic carbocycles. The molecular formula is C18H24N4O2. The zero-order chi connectivity index (χ0) is 16.8. The van der Waals surface area contributed by atoms with Crippen LogP contribution in [0.25, 0.3) is 0 Å². The fourth-order valence-electron chi connectivity index (χ4n) is 3.26. The van der Waals surface area contributed by atoms with Gasteiger partial charge in [-0.3, -0.25) is 4.79 Å². The van der Waals surface area contributed by atoms with Crippen LogP contribution in [0.2, 0.25) is 0 Å². The van der Waals surface area contributed by atoms with Crippen molar-refractivity contribution in [2.75, 3.05) is 20.3 Å². The monoisotopic (exact) mass is 328 g/mol. The molecule has 1 fully saturated rings. The molecule has 6 nitrogen and oxygen atoms in total. The molecule has 1 aliphatic rings. The fourth-order valence-corrected chi connectivity index (χ4v) is 3.26. The van der Waals surface area contributed by atoms with E-state index in [1.807, 2.05) is 23.1 Å². The molecule has 1 aliphatic heterocycles. The lowest BCUT2D eigenvalue weighted by molar-refractivity contribution is -0.136. The largest absolute Gasteiger partial charge is 0.384 e. The van der Waals surface area contributed by atoms with Crippen LogP contribution in [-0.2, 0) is 16.1 Å². The zero-order valence-corrected chi connectivity index (χ0v) is 14.1. The van der Waals surface area contributed by atoms with Gasteiger partial charge >= 0.3 is 0 Å². The normalized spacial score (nSPS) is 17.9. The van der Waals surface area contributed by atoms with Crippen LogP contribution in [0.4, 0.5) is 0 Å². The van der Waals surface area contributed by atoms with Crippen LogP contribution in [0.5, 0.6) is 0 Å². The van der Waals surface area contributed by atoms with Gasteiger partial charge in [-0.1, -0.05) is 30.3 Å². The van der Waals surface area contributed by atoms with Crippen molar-refractivity contribution in [2.24, 2.45) is 0 Å². The minimum Gasteiger partial charge on any atom is -0.384 e. The van der Waals surface area contributed by atoms with Crippen LogP contribution in [0, 0.1) is 0 Å². The smallest absolute Gasteiger partial charge is 0.225 e. The Bertz CT molecular complexity index is 656. The molecule has 0 radical (unpaired) electrons. The Balaban J connectivity index is 1.79. The van der Waals surface area contributed by atoms with Crippen LogP contribution < -0.4 is 0 Å². The Kier molecular flexibility index (Phi) is 5.59. The summed E-state index contributed by atoms with van der Waals surface area (Å²) in [5.41, 5.74) is 1.20. The summed E-state index contributed by atoms with van der Waals surface area (Å²) in [6, 6.07) is 10.3. The predicted molar refractivity (Wildman–Crippen MR) is 90.4 cm³/mol. The van der Waals surface area contributed by atoms with Crippen molar-refractivity contribution in [1.82, 2.24) is 19.7 Å². The van der Waals surface area contributed by atoms with Crippen molar-refractivity contribution in [2.45, 2.75) is 38.3 Å². The maximum absolute atomic E-state index is 12.5. The number of likely N-dealkylation sites (tertiary alicyclic amines) is 1. The molecule has 128 valence electrons. The van der Waals surface area contributed by atoms with Crippen LogP contribution in [0.15, 0.2) is 36.7 Å². The molecule has 0 saturated carbocycles. The third-order valence-electron chi connectivity index (χ3n) is 4.48. The van der Waals surface area contributed by atoms with Crippen LogP contribution in [-0.4, -0.2) is 45.8 Å². The fraction of sp³-hybridized carbons (Fsp3) is 0.500. The van der Waals surface area contributed by atoms with E-state index >= 15 is 0 Å². The number of hydrogen-bond acceptors (Lipinski definition) is 4. The molecule has 0 N–H and O–H groups in total. The van der Waals surface area contributed by atoms with Gasteiger partial charge in [-0.25, -0.2) is 0 Å². The Morgan fingerprint density at radius 3 is 2.92 bits per heavy atom. The van der Waals surface area contributed by atoms with Gasteiger partial charge in [0.05, 0.1) is 25.6 Å². The summed E-state index contributed by atoms with van der Waals surface area (Å²) in [7, 11) is 1.62. The number of hydrogen-bond donors (Lipinski definition) is 0. The Labute approximate surface area is 142 Å². The minimum absolute atomic E-state index is 0.00863. The van der Waals surface area contributed by atoms with Gasteiger partial charge in [0, 0.05) is 13.7 Å². The minimum atomic E-state index is 0.00863. The van der Waals surface area contributed by atoms with Gasteiger partial charge < -0.3 is 14.2 Å². The van der Waals surface area contributed by atoms with Crippen LogP contribution in [0.3, 0.4) is 0 Å². The molecule has 1 atom stereocenters. The Hall–Kier alpha value is -2.21. The first-order valence-electron chi connectivity index (χ1n) is 8.49. The first-order valence-corrected chi connectivity index (χ1v) is 8.49. The van der Waals surface area contributed by atoms with Crippen molar-refractivity contribution >= 4 is 5.91 Å². The highest BCUT2D eigenvalue weighted by molar-refractivity contribution is 5.76. The van der Waals surface area contributed by atoms with E-state index in [0.29, 0.717) is 13.0 Å². The number of carbonyl (C=O) groups excluding carboxylic acids is 1. The number of carbonyl (C=O) groups is 1. The summed E-state index contributed by atoms with van der Waals surface area (Å²) in [6.45, 7) is 1.96. The van der Waals surface area contributed by atoms with Gasteiger partial charge in [0.15, 0.2) is 5.82 Å². The van der Waals surface area contributed by atoms with E-state index in [9.17, 15) is 4.79 Å². The molecule has 1 aromatic heterocycles. The number of ether oxygens (including phenoxy) is 1. The number of aromatic nitrogens is 3. The summed E-state index contributed by atoms with van der Waals surface area (Å²) in [5.74, 6) is 1.01. The van der Waals surface area contributed by atoms with Crippen LogP contribution in [0.1, 0.15) is 43.1 Å². The third kappa shape index (κ3) is 3.82. The van der Waals surface area contributed by atoms with E-state index in [-0.39, 0.29) is 11.9 Å². The number of amides is 1. The predicted octanol–water partition coefficient (Wildman–Crippen LogP) is 2.42. The Morgan fingerprint density at radius 1 is 1.29 bits per heavy atom. The van der Waals surface area contributed by atoms with Gasteiger partial charge in [-0.2, -0.15) is 0 Å². The molecular weight excluding hydrogens is 304 g/mol. The quantitative estimate of drug-likeness (QED) is 0.817. The highest BCUT2D eigenvalue weighted by Crippen LogP contribution is 2.30. The number of piperidine rings is 1. The molecule has 6 heteroatoms. The molecule has 0 spiro atoms. The number of rotatable bonds is 6. The highest BCUT2D eigenvalue weighted by Gasteiger charge is 2.31. The van der Waals surface area contributed by atoms with E-state index in [2.05, 4.69) is 26.9 Å². The average Bonchev–Trinajstić information content (AvgIpc) is 3.08. The average molecular weight is 328 g/mol. The van der Waals surface area contributed by atoms with E-state index in [4.69, 9.17) is 4.74 Å². The third-order valence-corrected chi connectivity index (χ3v) is 4.48.